The summed E-state index contributed by atoms with van der Waals surface area (Å²) in [6.07, 6.45) is -4.75. The summed E-state index contributed by atoms with van der Waals surface area (Å²) < 4.78 is 52.3. The zero-order valence-electron chi connectivity index (χ0n) is 15.6. The summed E-state index contributed by atoms with van der Waals surface area (Å²) in [6.45, 7) is 2.17. The van der Waals surface area contributed by atoms with Gasteiger partial charge in [-0.05, 0) is 12.5 Å². The Bertz CT molecular complexity index is 1180. The summed E-state index contributed by atoms with van der Waals surface area (Å²) in [7, 11) is 1.53. The maximum atomic E-state index is 13.7. The number of aromatic nitrogens is 3. The number of rotatable bonds is 3. The van der Waals surface area contributed by atoms with Gasteiger partial charge in [-0.15, -0.1) is 0 Å². The molecule has 0 radical (unpaired) electrons. The average molecular weight is 406 g/mol. The normalized spacial score (nSPS) is 18.7. The third-order valence-electron chi connectivity index (χ3n) is 4.59. The number of fused-ring (bicyclic) bond motifs is 1. The van der Waals surface area contributed by atoms with Crippen LogP contribution in [0.25, 0.3) is 22.7 Å². The molecule has 29 heavy (non-hydrogen) atoms. The number of nitrogens with one attached hydrogen (secondary N) is 1. The number of hydrogen-bond acceptors (Lipinski definition) is 6. The quantitative estimate of drug-likeness (QED) is 0.711. The minimum Gasteiger partial charge on any atom is -0.476 e. The van der Waals surface area contributed by atoms with E-state index in [9.17, 15) is 18.0 Å². The van der Waals surface area contributed by atoms with E-state index >= 15 is 0 Å². The van der Waals surface area contributed by atoms with E-state index in [2.05, 4.69) is 15.4 Å². The highest BCUT2D eigenvalue weighted by molar-refractivity contribution is 5.80. The smallest absolute Gasteiger partial charge is 0.435 e. The summed E-state index contributed by atoms with van der Waals surface area (Å²) in [4.78, 5) is 17.3. The first kappa shape index (κ1) is 19.2. The second kappa shape index (κ2) is 7.03. The number of nitrogens with zero attached hydrogens (tertiary/aromatic N) is 3. The van der Waals surface area contributed by atoms with Gasteiger partial charge >= 0.3 is 6.18 Å². The summed E-state index contributed by atoms with van der Waals surface area (Å²) in [5, 5.41) is 6.64. The molecule has 1 saturated heterocycles. The molecule has 4 rings (SSSR count). The fourth-order valence-corrected chi connectivity index (χ4v) is 3.35. The maximum absolute atomic E-state index is 13.7. The molecular formula is C19H17F3N4O3. The molecule has 0 saturated carbocycles. The Morgan fingerprint density at radius 2 is 2.03 bits per heavy atom. The minimum absolute atomic E-state index is 0.0481. The van der Waals surface area contributed by atoms with Gasteiger partial charge in [0.15, 0.2) is 11.3 Å². The van der Waals surface area contributed by atoms with Crippen LogP contribution >= 0.6 is 0 Å². The second-order valence-electron chi connectivity index (χ2n) is 6.64. The fraction of sp³-hybridized carbons (Fsp3) is 0.316. The molecule has 152 valence electrons. The van der Waals surface area contributed by atoms with Crippen molar-refractivity contribution in [3.8, 4) is 11.1 Å². The summed E-state index contributed by atoms with van der Waals surface area (Å²) in [6, 6.07) is 7.78. The molecule has 1 N–H and O–H groups in total. The molecule has 1 atom stereocenters. The highest BCUT2D eigenvalue weighted by Crippen LogP contribution is 2.37. The van der Waals surface area contributed by atoms with Gasteiger partial charge in [-0.25, -0.2) is 4.98 Å². The van der Waals surface area contributed by atoms with Crippen molar-refractivity contribution in [2.45, 2.75) is 19.1 Å². The Kier molecular flexibility index (Phi) is 4.65. The van der Waals surface area contributed by atoms with Gasteiger partial charge in [-0.1, -0.05) is 30.3 Å². The van der Waals surface area contributed by atoms with Crippen LogP contribution in [0.3, 0.4) is 0 Å². The van der Waals surface area contributed by atoms with Crippen LogP contribution in [0.4, 0.5) is 13.2 Å². The lowest BCUT2D eigenvalue weighted by Crippen LogP contribution is -2.40. The standard InChI is InChI=1S/C19H17F3N4O3/c1-10-13(17-24-12(8-28-2)9-29-17)18(27)26-16(23-10)14(11-6-4-3-5-7-11)15(25-26)19(20,21)22/h3-7,12,24H,8-9H2,1-2H3/t12-/m1/s1. The van der Waals surface area contributed by atoms with E-state index in [1.165, 1.54) is 19.2 Å². The van der Waals surface area contributed by atoms with E-state index < -0.39 is 17.4 Å². The lowest BCUT2D eigenvalue weighted by molar-refractivity contribution is -0.140. The van der Waals surface area contributed by atoms with Crippen LogP contribution in [-0.2, 0) is 15.7 Å². The first-order valence-corrected chi connectivity index (χ1v) is 8.79. The van der Waals surface area contributed by atoms with Gasteiger partial charge in [0.05, 0.1) is 23.9 Å². The Hall–Kier alpha value is -3.14. The molecule has 7 nitrogen and oxygen atoms in total. The first-order valence-electron chi connectivity index (χ1n) is 8.79. The highest BCUT2D eigenvalue weighted by atomic mass is 19.4. The van der Waals surface area contributed by atoms with Gasteiger partial charge in [0, 0.05) is 7.11 Å². The molecule has 1 aliphatic rings. The van der Waals surface area contributed by atoms with Crippen molar-refractivity contribution in [2.24, 2.45) is 0 Å². The van der Waals surface area contributed by atoms with E-state index in [1.54, 1.807) is 25.1 Å². The van der Waals surface area contributed by atoms with Crippen LogP contribution in [-0.4, -0.2) is 41.0 Å². The lowest BCUT2D eigenvalue weighted by atomic mass is 10.1. The van der Waals surface area contributed by atoms with Gasteiger partial charge in [-0.2, -0.15) is 22.8 Å². The van der Waals surface area contributed by atoms with Crippen LogP contribution in [0, 0.1) is 6.92 Å². The maximum Gasteiger partial charge on any atom is 0.435 e. The number of halogens is 3. The number of alkyl halides is 3. The molecule has 0 unspecified atom stereocenters. The van der Waals surface area contributed by atoms with Crippen molar-refractivity contribution < 1.29 is 22.6 Å². The molecule has 2 aromatic heterocycles. The predicted molar refractivity (Wildman–Crippen MR) is 97.8 cm³/mol. The lowest BCUT2D eigenvalue weighted by Gasteiger charge is -2.06. The SMILES string of the molecule is COC[C@@H]1COC(=c2c(C)nc3c(-c4ccccc4)c(C(F)(F)F)nn3c2=O)N1. The van der Waals surface area contributed by atoms with Crippen molar-refractivity contribution in [3.63, 3.8) is 0 Å². The number of hydrogen-bond donors (Lipinski definition) is 1. The van der Waals surface area contributed by atoms with Crippen molar-refractivity contribution in [1.82, 2.24) is 19.9 Å². The summed E-state index contributed by atoms with van der Waals surface area (Å²) in [5.74, 6) is 0.161. The summed E-state index contributed by atoms with van der Waals surface area (Å²) >= 11 is 0. The Labute approximate surface area is 162 Å². The fourth-order valence-electron chi connectivity index (χ4n) is 3.35. The molecular weight excluding hydrogens is 389 g/mol. The number of methoxy groups -OCH3 is 1. The number of benzene rings is 1. The van der Waals surface area contributed by atoms with Crippen LogP contribution in [0.1, 0.15) is 11.4 Å². The van der Waals surface area contributed by atoms with E-state index in [4.69, 9.17) is 9.47 Å². The van der Waals surface area contributed by atoms with Crippen molar-refractivity contribution in [1.29, 1.82) is 0 Å². The topological polar surface area (TPSA) is 77.8 Å². The van der Waals surface area contributed by atoms with Gasteiger partial charge in [-0.3, -0.25) is 4.79 Å². The Balaban J connectivity index is 2.01. The molecule has 3 heterocycles. The van der Waals surface area contributed by atoms with E-state index in [0.717, 1.165) is 0 Å². The Morgan fingerprint density at radius 3 is 2.69 bits per heavy atom. The van der Waals surface area contributed by atoms with E-state index in [1.807, 2.05) is 0 Å². The highest BCUT2D eigenvalue weighted by Gasteiger charge is 2.39. The van der Waals surface area contributed by atoms with Gasteiger partial charge in [0.1, 0.15) is 11.8 Å². The molecule has 10 heteroatoms. The molecule has 1 aliphatic heterocycles. The third-order valence-corrected chi connectivity index (χ3v) is 4.59. The molecule has 0 bridgehead atoms. The van der Waals surface area contributed by atoms with E-state index in [0.29, 0.717) is 11.1 Å². The zero-order chi connectivity index (χ0) is 20.8. The van der Waals surface area contributed by atoms with E-state index in [-0.39, 0.29) is 46.2 Å². The van der Waals surface area contributed by atoms with Crippen LogP contribution in [0.5, 0.6) is 0 Å². The van der Waals surface area contributed by atoms with Crippen LogP contribution in [0.15, 0.2) is 35.1 Å². The van der Waals surface area contributed by atoms with Gasteiger partial charge < -0.3 is 14.8 Å². The van der Waals surface area contributed by atoms with Gasteiger partial charge in [0.2, 0.25) is 5.88 Å². The molecule has 3 aromatic rings. The monoisotopic (exact) mass is 406 g/mol. The van der Waals surface area contributed by atoms with Crippen molar-refractivity contribution >= 4 is 11.5 Å². The number of aryl methyl sites for hydroxylation is 1. The molecule has 0 spiro atoms. The first-order chi connectivity index (χ1) is 13.8. The minimum atomic E-state index is -4.75. The molecule has 0 aliphatic carbocycles. The third kappa shape index (κ3) is 3.29. The Morgan fingerprint density at radius 1 is 1.31 bits per heavy atom. The molecule has 1 fully saturated rings. The van der Waals surface area contributed by atoms with Gasteiger partial charge in [0.25, 0.3) is 5.56 Å². The number of ether oxygens (including phenoxy) is 2. The van der Waals surface area contributed by atoms with Crippen LogP contribution < -0.4 is 16.1 Å². The van der Waals surface area contributed by atoms with Crippen molar-refractivity contribution in [2.75, 3.05) is 20.3 Å². The van der Waals surface area contributed by atoms with Crippen molar-refractivity contribution in [3.05, 3.63) is 57.3 Å². The predicted octanol–water partition coefficient (Wildman–Crippen LogP) is 1.50. The zero-order valence-corrected chi connectivity index (χ0v) is 15.6. The largest absolute Gasteiger partial charge is 0.476 e. The summed E-state index contributed by atoms with van der Waals surface area (Å²) in [5.41, 5.74) is -1.76. The average Bonchev–Trinajstić information content (AvgIpc) is 3.27. The van der Waals surface area contributed by atoms with Crippen LogP contribution in [0.2, 0.25) is 0 Å². The molecule has 1 aromatic carbocycles. The second-order valence-corrected chi connectivity index (χ2v) is 6.64. The molecule has 0 amide bonds.